The summed E-state index contributed by atoms with van der Waals surface area (Å²) in [4.78, 5) is 39.4. The Bertz CT molecular complexity index is 760. The smallest absolute Gasteiger partial charge is 0.331 e. The third kappa shape index (κ3) is 4.11. The first-order valence-corrected chi connectivity index (χ1v) is 9.24. The number of nitrogens with zero attached hydrogens (tertiary/aromatic N) is 3. The largest absolute Gasteiger partial charge is 0.469 e. The van der Waals surface area contributed by atoms with E-state index in [-0.39, 0.29) is 30.5 Å². The summed E-state index contributed by atoms with van der Waals surface area (Å²) < 4.78 is 4.68. The number of hydrogen-bond donors (Lipinski definition) is 0. The monoisotopic (exact) mass is 369 g/mol. The number of benzene rings is 1. The molecule has 0 radical (unpaired) electrons. The fourth-order valence-electron chi connectivity index (χ4n) is 3.91. The van der Waals surface area contributed by atoms with E-state index >= 15 is 0 Å². The van der Waals surface area contributed by atoms with Crippen molar-refractivity contribution in [2.45, 2.75) is 44.6 Å². The lowest BCUT2D eigenvalue weighted by Crippen LogP contribution is -2.43. The number of rotatable bonds is 5. The molecule has 3 amide bonds. The maximum atomic E-state index is 12.8. The van der Waals surface area contributed by atoms with E-state index in [2.05, 4.69) is 4.74 Å². The maximum absolute atomic E-state index is 12.8. The molecule has 1 aromatic carbocycles. The van der Waals surface area contributed by atoms with Gasteiger partial charge < -0.3 is 4.74 Å². The van der Waals surface area contributed by atoms with Crippen LogP contribution in [-0.2, 0) is 14.3 Å². The minimum absolute atomic E-state index is 0.0347. The molecule has 1 saturated carbocycles. The third-order valence-electron chi connectivity index (χ3n) is 5.47. The number of carbonyl (C=O) groups is 3. The van der Waals surface area contributed by atoms with Crippen molar-refractivity contribution in [3.05, 3.63) is 29.8 Å². The van der Waals surface area contributed by atoms with Crippen LogP contribution in [-0.4, -0.2) is 42.5 Å². The Morgan fingerprint density at radius 2 is 1.85 bits per heavy atom. The van der Waals surface area contributed by atoms with Gasteiger partial charge in [-0.05, 0) is 62.3 Å². The molecule has 0 atom stereocenters. The summed E-state index contributed by atoms with van der Waals surface area (Å²) in [7, 11) is 1.39. The Hall–Kier alpha value is -2.88. The Morgan fingerprint density at radius 3 is 2.44 bits per heavy atom. The molecule has 1 aliphatic carbocycles. The predicted octanol–water partition coefficient (Wildman–Crippen LogP) is 2.84. The van der Waals surface area contributed by atoms with Gasteiger partial charge in [0.05, 0.1) is 18.7 Å². The molecule has 1 saturated heterocycles. The number of hydrogen-bond acceptors (Lipinski definition) is 5. The van der Waals surface area contributed by atoms with Crippen LogP contribution in [0.3, 0.4) is 0 Å². The first kappa shape index (κ1) is 18.9. The van der Waals surface area contributed by atoms with Crippen molar-refractivity contribution in [2.75, 3.05) is 18.6 Å². The highest BCUT2D eigenvalue weighted by Gasteiger charge is 2.42. The average Bonchev–Trinajstić information content (AvgIpc) is 3.00. The number of urea groups is 1. The van der Waals surface area contributed by atoms with Crippen molar-refractivity contribution in [1.29, 1.82) is 5.26 Å². The Labute approximate surface area is 158 Å². The zero-order valence-electron chi connectivity index (χ0n) is 15.4. The average molecular weight is 369 g/mol. The lowest BCUT2D eigenvalue weighted by atomic mass is 9.83. The standard InChI is InChI=1S/C20H23N3O4/c1-27-19(25)11-6-14-2-9-17(10-3-14)23-18(24)13-22(20(23)26)16-7-4-15(12-21)5-8-16/h4-5,7-8,14,17H,2-3,6,9-11,13H2,1H3/t14-,17-. The minimum atomic E-state index is -0.289. The number of imide groups is 1. The number of carbonyl (C=O) groups excluding carboxylic acids is 3. The normalized spacial score (nSPS) is 22.7. The highest BCUT2D eigenvalue weighted by Crippen LogP contribution is 2.33. The van der Waals surface area contributed by atoms with Gasteiger partial charge in [-0.2, -0.15) is 5.26 Å². The molecule has 1 aromatic rings. The molecule has 3 rings (SSSR count). The number of anilines is 1. The van der Waals surface area contributed by atoms with Crippen molar-refractivity contribution in [3.63, 3.8) is 0 Å². The number of ether oxygens (including phenoxy) is 1. The number of nitriles is 1. The van der Waals surface area contributed by atoms with Crippen molar-refractivity contribution >= 4 is 23.6 Å². The highest BCUT2D eigenvalue weighted by atomic mass is 16.5. The summed E-state index contributed by atoms with van der Waals surface area (Å²) in [6.45, 7) is 0.0347. The second kappa shape index (κ2) is 8.21. The molecular formula is C20H23N3O4. The van der Waals surface area contributed by atoms with E-state index in [4.69, 9.17) is 5.26 Å². The lowest BCUT2D eigenvalue weighted by Gasteiger charge is -2.33. The van der Waals surface area contributed by atoms with Gasteiger partial charge in [-0.3, -0.25) is 19.4 Å². The van der Waals surface area contributed by atoms with Crippen molar-refractivity contribution in [3.8, 4) is 6.07 Å². The number of amides is 3. The third-order valence-corrected chi connectivity index (χ3v) is 5.47. The van der Waals surface area contributed by atoms with Gasteiger partial charge in [-0.25, -0.2) is 4.79 Å². The van der Waals surface area contributed by atoms with Crippen molar-refractivity contribution in [2.24, 2.45) is 5.92 Å². The molecule has 7 heteroatoms. The SMILES string of the molecule is COC(=O)CC[C@H]1CC[C@H](N2C(=O)CN(c3ccc(C#N)cc3)C2=O)CC1. The molecule has 27 heavy (non-hydrogen) atoms. The predicted molar refractivity (Wildman–Crippen MR) is 97.7 cm³/mol. The van der Waals surface area contributed by atoms with Crippen LogP contribution in [0.1, 0.15) is 44.1 Å². The second-order valence-electron chi connectivity index (χ2n) is 7.08. The first-order chi connectivity index (χ1) is 13.0. The second-order valence-corrected chi connectivity index (χ2v) is 7.08. The summed E-state index contributed by atoms with van der Waals surface area (Å²) in [5.74, 6) is 0.0604. The molecule has 1 aliphatic heterocycles. The topological polar surface area (TPSA) is 90.7 Å². The molecule has 0 bridgehead atoms. The number of esters is 1. The van der Waals surface area contributed by atoms with Gasteiger partial charge in [0.1, 0.15) is 6.54 Å². The molecular weight excluding hydrogens is 346 g/mol. The van der Waals surface area contributed by atoms with Gasteiger partial charge in [0.25, 0.3) is 5.91 Å². The molecule has 2 fully saturated rings. The Balaban J connectivity index is 1.59. The van der Waals surface area contributed by atoms with E-state index < -0.39 is 0 Å². The summed E-state index contributed by atoms with van der Waals surface area (Å²) >= 11 is 0. The van der Waals surface area contributed by atoms with Crippen LogP contribution >= 0.6 is 0 Å². The molecule has 2 aliphatic rings. The van der Waals surface area contributed by atoms with E-state index in [9.17, 15) is 14.4 Å². The lowest BCUT2D eigenvalue weighted by molar-refractivity contribution is -0.141. The fraction of sp³-hybridized carbons (Fsp3) is 0.500. The number of methoxy groups -OCH3 is 1. The van der Waals surface area contributed by atoms with Crippen LogP contribution in [0, 0.1) is 17.2 Å². The van der Waals surface area contributed by atoms with E-state index in [1.165, 1.54) is 16.9 Å². The van der Waals surface area contributed by atoms with Crippen LogP contribution in [0.5, 0.6) is 0 Å². The van der Waals surface area contributed by atoms with E-state index in [0.29, 0.717) is 23.6 Å². The zero-order chi connectivity index (χ0) is 19.4. The van der Waals surface area contributed by atoms with E-state index in [0.717, 1.165) is 32.1 Å². The van der Waals surface area contributed by atoms with E-state index in [1.807, 2.05) is 6.07 Å². The summed E-state index contributed by atoms with van der Waals surface area (Å²) in [6.07, 6.45) is 4.54. The van der Waals surface area contributed by atoms with Crippen LogP contribution in [0.4, 0.5) is 10.5 Å². The molecule has 7 nitrogen and oxygen atoms in total. The van der Waals surface area contributed by atoms with Gasteiger partial charge >= 0.3 is 12.0 Å². The van der Waals surface area contributed by atoms with E-state index in [1.54, 1.807) is 24.3 Å². The van der Waals surface area contributed by atoms with Gasteiger partial charge in [0.2, 0.25) is 0 Å². The van der Waals surface area contributed by atoms with Crippen LogP contribution in [0.15, 0.2) is 24.3 Å². The van der Waals surface area contributed by atoms with Gasteiger partial charge in [0, 0.05) is 18.2 Å². The van der Waals surface area contributed by atoms with Crippen LogP contribution in [0.2, 0.25) is 0 Å². The minimum Gasteiger partial charge on any atom is -0.469 e. The Morgan fingerprint density at radius 1 is 1.19 bits per heavy atom. The fourth-order valence-corrected chi connectivity index (χ4v) is 3.91. The molecule has 0 unspecified atom stereocenters. The van der Waals surface area contributed by atoms with Crippen molar-refractivity contribution in [1.82, 2.24) is 4.90 Å². The quantitative estimate of drug-likeness (QED) is 0.588. The van der Waals surface area contributed by atoms with Gasteiger partial charge in [-0.15, -0.1) is 0 Å². The first-order valence-electron chi connectivity index (χ1n) is 9.24. The van der Waals surface area contributed by atoms with Gasteiger partial charge in [0.15, 0.2) is 0 Å². The Kier molecular flexibility index (Phi) is 5.75. The van der Waals surface area contributed by atoms with Crippen molar-refractivity contribution < 1.29 is 19.1 Å². The summed E-state index contributed by atoms with van der Waals surface area (Å²) in [6, 6.07) is 8.34. The highest BCUT2D eigenvalue weighted by molar-refractivity contribution is 6.12. The molecule has 0 N–H and O–H groups in total. The maximum Gasteiger partial charge on any atom is 0.331 e. The molecule has 0 spiro atoms. The molecule has 0 aromatic heterocycles. The summed E-state index contributed by atoms with van der Waals surface area (Å²) in [5.41, 5.74) is 1.14. The zero-order valence-corrected chi connectivity index (χ0v) is 15.4. The molecule has 142 valence electrons. The molecule has 1 heterocycles. The van der Waals surface area contributed by atoms with Gasteiger partial charge in [-0.1, -0.05) is 0 Å². The van der Waals surface area contributed by atoms with Crippen LogP contribution in [0.25, 0.3) is 0 Å². The summed E-state index contributed by atoms with van der Waals surface area (Å²) in [5, 5.41) is 8.89. The van der Waals surface area contributed by atoms with Crippen LogP contribution < -0.4 is 4.90 Å².